The van der Waals surface area contributed by atoms with Crippen LogP contribution in [0.4, 0.5) is 0 Å². The van der Waals surface area contributed by atoms with Crippen molar-refractivity contribution in [3.05, 3.63) is 60.2 Å². The van der Waals surface area contributed by atoms with Crippen molar-refractivity contribution in [2.45, 2.75) is 0 Å². The van der Waals surface area contributed by atoms with E-state index in [9.17, 15) is 0 Å². The van der Waals surface area contributed by atoms with E-state index in [0.29, 0.717) is 0 Å². The number of guanidine groups is 1. The molecule has 1 aliphatic heterocycles. The quantitative estimate of drug-likeness (QED) is 0.200. The van der Waals surface area contributed by atoms with Crippen LogP contribution in [-0.4, -0.2) is 25.3 Å². The van der Waals surface area contributed by atoms with Gasteiger partial charge in [-0.05, 0) is 27.6 Å². The van der Waals surface area contributed by atoms with E-state index < -0.39 is 0 Å². The van der Waals surface area contributed by atoms with Crippen LogP contribution >= 0.6 is 0 Å². The Morgan fingerprint density at radius 3 is 2.12 bits per heavy atom. The second-order valence-corrected chi connectivity index (χ2v) is 5.26. The van der Waals surface area contributed by atoms with Crippen molar-refractivity contribution in [1.82, 2.24) is 10.7 Å². The van der Waals surface area contributed by atoms with Crippen LogP contribution in [0.25, 0.3) is 21.5 Å². The summed E-state index contributed by atoms with van der Waals surface area (Å²) in [6.07, 6.45) is 1.88. The minimum atomic E-state index is 0. The molecule has 7 heteroatoms. The molecular formula is C18H16Cl2N4Pt. The Hall–Kier alpha value is -1.61. The normalized spacial score (nSPS) is 12.7. The van der Waals surface area contributed by atoms with Gasteiger partial charge in [0.25, 0.3) is 0 Å². The molecule has 0 fully saturated rings. The number of aliphatic imine (C=N–C) groups is 1. The van der Waals surface area contributed by atoms with Crippen molar-refractivity contribution < 1.29 is 45.9 Å². The van der Waals surface area contributed by atoms with Gasteiger partial charge < -0.3 is 30.1 Å². The van der Waals surface area contributed by atoms with Crippen LogP contribution in [0.5, 0.6) is 0 Å². The maximum atomic E-state index is 4.36. The molecule has 0 aromatic heterocycles. The van der Waals surface area contributed by atoms with E-state index in [1.807, 2.05) is 6.21 Å². The van der Waals surface area contributed by atoms with Crippen LogP contribution in [0.2, 0.25) is 0 Å². The predicted molar refractivity (Wildman–Crippen MR) is 92.5 cm³/mol. The minimum absolute atomic E-state index is 0. The third kappa shape index (κ3) is 4.52. The molecule has 0 radical (unpaired) electrons. The molecular weight excluding hydrogens is 538 g/mol. The van der Waals surface area contributed by atoms with Crippen molar-refractivity contribution in [1.29, 1.82) is 0 Å². The molecule has 0 unspecified atom stereocenters. The Morgan fingerprint density at radius 1 is 0.960 bits per heavy atom. The van der Waals surface area contributed by atoms with E-state index in [1.54, 1.807) is 0 Å². The maximum absolute atomic E-state index is 4.36. The standard InChI is InChI=1S/C18H16N4.2ClH.Pt/c1-3-7-15-13(5-1)11-14-6-2-4-8-16(14)17(15)12-21-22-18-19-9-10-20-18;;;/h1-8,11-12H,9-10H2,(H2,19,20,22);2*1H;/q;;;+2/p-2/b21-12-;;;. The summed E-state index contributed by atoms with van der Waals surface area (Å²) in [6, 6.07) is 19.0. The second-order valence-electron chi connectivity index (χ2n) is 5.26. The molecule has 3 aromatic carbocycles. The molecule has 3 aromatic rings. The zero-order chi connectivity index (χ0) is 14.8. The molecule has 0 atom stereocenters. The first-order chi connectivity index (χ1) is 10.9. The number of hydrogen-bond acceptors (Lipinski definition) is 4. The smallest absolute Gasteiger partial charge is 1.00 e. The Balaban J connectivity index is 0.00000104. The average Bonchev–Trinajstić information content (AvgIpc) is 3.07. The molecule has 25 heavy (non-hydrogen) atoms. The molecule has 0 saturated heterocycles. The zero-order valence-corrected chi connectivity index (χ0v) is 16.9. The molecule has 0 saturated carbocycles. The van der Waals surface area contributed by atoms with Gasteiger partial charge in [-0.2, -0.15) is 5.10 Å². The molecule has 4 rings (SSSR count). The van der Waals surface area contributed by atoms with Crippen molar-refractivity contribution >= 4 is 33.7 Å². The second kappa shape index (κ2) is 9.76. The summed E-state index contributed by atoms with van der Waals surface area (Å²) in [5, 5.41) is 12.3. The SMILES string of the molecule is C(=N/NC1=NCCN1)/c1c2ccccc2cc2ccccc12.[Cl-].[Cl-].[Pt+2]. The van der Waals surface area contributed by atoms with Gasteiger partial charge in [-0.25, -0.2) is 10.4 Å². The average molecular weight is 554 g/mol. The van der Waals surface area contributed by atoms with Crippen LogP contribution in [0, 0.1) is 0 Å². The van der Waals surface area contributed by atoms with Crippen LogP contribution in [0.15, 0.2) is 64.7 Å². The predicted octanol–water partition coefficient (Wildman–Crippen LogP) is -3.12. The number of hydrazone groups is 1. The number of nitrogens with zero attached hydrogens (tertiary/aromatic N) is 2. The van der Waals surface area contributed by atoms with Gasteiger partial charge in [0.05, 0.1) is 12.8 Å². The summed E-state index contributed by atoms with van der Waals surface area (Å²) in [5.41, 5.74) is 4.09. The van der Waals surface area contributed by atoms with Crippen molar-refractivity contribution in [2.24, 2.45) is 10.1 Å². The summed E-state index contributed by atoms with van der Waals surface area (Å²) >= 11 is 0. The first-order valence-electron chi connectivity index (χ1n) is 7.40. The monoisotopic (exact) mass is 553 g/mol. The van der Waals surface area contributed by atoms with Crippen molar-refractivity contribution in [3.63, 3.8) is 0 Å². The van der Waals surface area contributed by atoms with Gasteiger partial charge in [0.2, 0.25) is 5.96 Å². The van der Waals surface area contributed by atoms with E-state index >= 15 is 0 Å². The molecule has 4 nitrogen and oxygen atoms in total. The Kier molecular flexibility index (Phi) is 8.37. The minimum Gasteiger partial charge on any atom is -1.00 e. The first-order valence-corrected chi connectivity index (χ1v) is 7.40. The largest absolute Gasteiger partial charge is 2.00 e. The topological polar surface area (TPSA) is 48.8 Å². The van der Waals surface area contributed by atoms with Gasteiger partial charge >= 0.3 is 21.1 Å². The molecule has 0 amide bonds. The van der Waals surface area contributed by atoms with Gasteiger partial charge in [0, 0.05) is 12.1 Å². The van der Waals surface area contributed by atoms with E-state index in [4.69, 9.17) is 0 Å². The number of benzene rings is 3. The van der Waals surface area contributed by atoms with Crippen LogP contribution in [0.3, 0.4) is 0 Å². The molecule has 0 bridgehead atoms. The fraction of sp³-hybridized carbons (Fsp3) is 0.111. The van der Waals surface area contributed by atoms with Crippen LogP contribution in [-0.2, 0) is 21.1 Å². The van der Waals surface area contributed by atoms with Crippen LogP contribution < -0.4 is 35.6 Å². The Bertz CT molecular complexity index is 858. The molecule has 0 aliphatic carbocycles. The third-order valence-corrected chi connectivity index (χ3v) is 3.85. The van der Waals surface area contributed by atoms with E-state index in [1.165, 1.54) is 21.5 Å². The summed E-state index contributed by atoms with van der Waals surface area (Å²) in [4.78, 5) is 4.27. The Morgan fingerprint density at radius 2 is 1.56 bits per heavy atom. The number of hydrogen-bond donors (Lipinski definition) is 2. The van der Waals surface area contributed by atoms with E-state index in [2.05, 4.69) is 75.4 Å². The number of nitrogens with one attached hydrogen (secondary N) is 2. The van der Waals surface area contributed by atoms with Crippen molar-refractivity contribution in [3.8, 4) is 0 Å². The van der Waals surface area contributed by atoms with Gasteiger partial charge in [-0.3, -0.25) is 0 Å². The van der Waals surface area contributed by atoms with E-state index in [0.717, 1.165) is 24.6 Å². The number of halogens is 2. The molecule has 0 spiro atoms. The van der Waals surface area contributed by atoms with E-state index in [-0.39, 0.29) is 45.9 Å². The zero-order valence-electron chi connectivity index (χ0n) is 13.2. The summed E-state index contributed by atoms with van der Waals surface area (Å²) in [6.45, 7) is 1.67. The first kappa shape index (κ1) is 21.4. The van der Waals surface area contributed by atoms with Gasteiger partial charge in [-0.15, -0.1) is 0 Å². The number of rotatable bonds is 2. The summed E-state index contributed by atoms with van der Waals surface area (Å²) < 4.78 is 0. The summed E-state index contributed by atoms with van der Waals surface area (Å²) in [5.74, 6) is 0.737. The third-order valence-electron chi connectivity index (χ3n) is 3.85. The molecule has 132 valence electrons. The summed E-state index contributed by atoms with van der Waals surface area (Å²) in [7, 11) is 0. The number of fused-ring (bicyclic) bond motifs is 2. The Labute approximate surface area is 173 Å². The molecule has 1 heterocycles. The van der Waals surface area contributed by atoms with Gasteiger partial charge in [0.15, 0.2) is 0 Å². The fourth-order valence-electron chi connectivity index (χ4n) is 2.82. The van der Waals surface area contributed by atoms with Gasteiger partial charge in [0.1, 0.15) is 0 Å². The maximum Gasteiger partial charge on any atom is 2.00 e. The van der Waals surface area contributed by atoms with Gasteiger partial charge in [-0.1, -0.05) is 48.5 Å². The van der Waals surface area contributed by atoms with Crippen molar-refractivity contribution in [2.75, 3.05) is 13.1 Å². The fourth-order valence-corrected chi connectivity index (χ4v) is 2.82. The molecule has 2 N–H and O–H groups in total. The van der Waals surface area contributed by atoms with Crippen LogP contribution in [0.1, 0.15) is 5.56 Å². The molecule has 1 aliphatic rings.